The Morgan fingerprint density at radius 1 is 0.952 bits per heavy atom. The molecule has 2 aromatic carbocycles. The van der Waals surface area contributed by atoms with Gasteiger partial charge in [-0.1, -0.05) is 53.5 Å². The molecule has 0 amide bonds. The van der Waals surface area contributed by atoms with Crippen LogP contribution in [-0.2, 0) is 11.8 Å². The zero-order chi connectivity index (χ0) is 15.5. The van der Waals surface area contributed by atoms with Crippen LogP contribution >= 0.6 is 23.2 Å². The number of rotatable bonds is 5. The maximum atomic E-state index is 13.6. The molecule has 0 atom stereocenters. The number of benzene rings is 2. The van der Waals surface area contributed by atoms with Crippen molar-refractivity contribution in [3.8, 4) is 0 Å². The zero-order valence-electron chi connectivity index (χ0n) is 11.2. The van der Waals surface area contributed by atoms with Crippen molar-refractivity contribution in [3.63, 3.8) is 0 Å². The van der Waals surface area contributed by atoms with Crippen molar-refractivity contribution in [2.45, 2.75) is 11.8 Å². The van der Waals surface area contributed by atoms with Crippen molar-refractivity contribution in [2.24, 2.45) is 0 Å². The third-order valence-electron chi connectivity index (χ3n) is 3.61. The summed E-state index contributed by atoms with van der Waals surface area (Å²) in [6, 6.07) is 11.4. The molecule has 0 saturated carbocycles. The highest BCUT2D eigenvalue weighted by Gasteiger charge is 2.34. The Balaban J connectivity index is 2.49. The van der Waals surface area contributed by atoms with Gasteiger partial charge in [-0.3, -0.25) is 0 Å². The molecule has 0 spiro atoms. The molecular formula is C16H15Cl2FO2. The van der Waals surface area contributed by atoms with Gasteiger partial charge in [0.1, 0.15) is 5.82 Å². The van der Waals surface area contributed by atoms with Gasteiger partial charge >= 0.3 is 0 Å². The van der Waals surface area contributed by atoms with Crippen LogP contribution in [0.1, 0.15) is 11.1 Å². The number of aliphatic hydroxyl groups is 2. The Bertz CT molecular complexity index is 627. The van der Waals surface area contributed by atoms with E-state index in [1.54, 1.807) is 36.4 Å². The number of aliphatic hydroxyl groups excluding tert-OH is 2. The molecule has 0 aliphatic carbocycles. The zero-order valence-corrected chi connectivity index (χ0v) is 12.7. The molecule has 0 aromatic heterocycles. The first kappa shape index (κ1) is 16.2. The van der Waals surface area contributed by atoms with Gasteiger partial charge in [-0.15, -0.1) is 0 Å². The molecule has 21 heavy (non-hydrogen) atoms. The van der Waals surface area contributed by atoms with E-state index in [9.17, 15) is 14.6 Å². The fourth-order valence-electron chi connectivity index (χ4n) is 2.37. The minimum absolute atomic E-state index is 0.00386. The van der Waals surface area contributed by atoms with Gasteiger partial charge in [0.05, 0.1) is 18.2 Å². The Hall–Kier alpha value is -1.13. The normalized spacial score (nSPS) is 11.7. The van der Waals surface area contributed by atoms with E-state index in [0.29, 0.717) is 16.1 Å². The largest absolute Gasteiger partial charge is 0.395 e. The fourth-order valence-corrected chi connectivity index (χ4v) is 2.90. The van der Waals surface area contributed by atoms with Gasteiger partial charge in [-0.25, -0.2) is 4.39 Å². The van der Waals surface area contributed by atoms with Crippen molar-refractivity contribution in [2.75, 3.05) is 13.2 Å². The van der Waals surface area contributed by atoms with E-state index < -0.39 is 11.2 Å². The van der Waals surface area contributed by atoms with Crippen LogP contribution in [0.5, 0.6) is 0 Å². The molecule has 112 valence electrons. The summed E-state index contributed by atoms with van der Waals surface area (Å²) < 4.78 is 13.6. The van der Waals surface area contributed by atoms with Gasteiger partial charge in [-0.2, -0.15) is 0 Å². The topological polar surface area (TPSA) is 40.5 Å². The molecule has 0 bridgehead atoms. The minimum atomic E-state index is -1.02. The third kappa shape index (κ3) is 3.22. The monoisotopic (exact) mass is 328 g/mol. The molecular weight excluding hydrogens is 314 g/mol. The number of hydrogen-bond donors (Lipinski definition) is 2. The van der Waals surface area contributed by atoms with E-state index in [2.05, 4.69) is 0 Å². The highest BCUT2D eigenvalue weighted by atomic mass is 35.5. The molecule has 0 unspecified atom stereocenters. The smallest absolute Gasteiger partial charge is 0.142 e. The first-order chi connectivity index (χ1) is 10.0. The predicted molar refractivity (Wildman–Crippen MR) is 82.4 cm³/mol. The maximum absolute atomic E-state index is 13.6. The molecule has 0 fully saturated rings. The molecule has 5 heteroatoms. The van der Waals surface area contributed by atoms with E-state index in [-0.39, 0.29) is 24.7 Å². The highest BCUT2D eigenvalue weighted by molar-refractivity contribution is 6.32. The van der Waals surface area contributed by atoms with E-state index in [1.165, 1.54) is 6.07 Å². The lowest BCUT2D eigenvalue weighted by atomic mass is 9.76. The fraction of sp³-hybridized carbons (Fsp3) is 0.250. The Labute approximate surface area is 132 Å². The molecule has 2 N–H and O–H groups in total. The van der Waals surface area contributed by atoms with Crippen LogP contribution in [0.2, 0.25) is 10.0 Å². The van der Waals surface area contributed by atoms with Gasteiger partial charge in [0.2, 0.25) is 0 Å². The van der Waals surface area contributed by atoms with E-state index in [4.69, 9.17) is 23.2 Å². The van der Waals surface area contributed by atoms with Crippen LogP contribution in [0.25, 0.3) is 0 Å². The second-order valence-electron chi connectivity index (χ2n) is 4.97. The average molecular weight is 329 g/mol. The quantitative estimate of drug-likeness (QED) is 0.880. The average Bonchev–Trinajstić information content (AvgIpc) is 2.50. The highest BCUT2D eigenvalue weighted by Crippen LogP contribution is 2.35. The second kappa shape index (κ2) is 6.75. The summed E-state index contributed by atoms with van der Waals surface area (Å²) in [5.74, 6) is -0.530. The van der Waals surface area contributed by atoms with Crippen molar-refractivity contribution < 1.29 is 14.6 Å². The summed E-state index contributed by atoms with van der Waals surface area (Å²) in [7, 11) is 0. The summed E-state index contributed by atoms with van der Waals surface area (Å²) in [5.41, 5.74) is 0.104. The van der Waals surface area contributed by atoms with Crippen molar-refractivity contribution >= 4 is 23.2 Å². The Kier molecular flexibility index (Phi) is 5.22. The maximum Gasteiger partial charge on any atom is 0.142 e. The molecule has 2 nitrogen and oxygen atoms in total. The van der Waals surface area contributed by atoms with E-state index in [0.717, 1.165) is 0 Å². The number of halogens is 3. The SMILES string of the molecule is OCC(CO)(Cc1cccc(F)c1Cl)c1ccccc1Cl. The lowest BCUT2D eigenvalue weighted by molar-refractivity contribution is 0.116. The van der Waals surface area contributed by atoms with Crippen LogP contribution in [0.15, 0.2) is 42.5 Å². The summed E-state index contributed by atoms with van der Waals surface area (Å²) in [4.78, 5) is 0. The van der Waals surface area contributed by atoms with Gasteiger partial charge in [0.15, 0.2) is 0 Å². The van der Waals surface area contributed by atoms with E-state index >= 15 is 0 Å². The summed E-state index contributed by atoms with van der Waals surface area (Å²) in [6.45, 7) is -0.667. The summed E-state index contributed by atoms with van der Waals surface area (Å²) in [5, 5.41) is 20.1. The molecule has 0 saturated heterocycles. The first-order valence-corrected chi connectivity index (χ1v) is 7.19. The predicted octanol–water partition coefficient (Wildman–Crippen LogP) is 3.60. The van der Waals surface area contributed by atoms with Crippen LogP contribution in [0.3, 0.4) is 0 Å². The van der Waals surface area contributed by atoms with Crippen LogP contribution in [-0.4, -0.2) is 23.4 Å². The summed E-state index contributed by atoms with van der Waals surface area (Å²) in [6.07, 6.45) is 0.181. The molecule has 0 heterocycles. The van der Waals surface area contributed by atoms with Gasteiger partial charge in [0.25, 0.3) is 0 Å². The third-order valence-corrected chi connectivity index (χ3v) is 4.36. The Morgan fingerprint density at radius 2 is 1.62 bits per heavy atom. The molecule has 0 aliphatic rings. The van der Waals surface area contributed by atoms with Crippen molar-refractivity contribution in [1.82, 2.24) is 0 Å². The molecule has 0 aliphatic heterocycles. The van der Waals surface area contributed by atoms with Gasteiger partial charge in [-0.05, 0) is 29.7 Å². The summed E-state index contributed by atoms with van der Waals surface area (Å²) >= 11 is 12.1. The second-order valence-corrected chi connectivity index (χ2v) is 5.75. The van der Waals surface area contributed by atoms with Crippen molar-refractivity contribution in [1.29, 1.82) is 0 Å². The molecule has 2 aromatic rings. The van der Waals surface area contributed by atoms with Crippen LogP contribution < -0.4 is 0 Å². The van der Waals surface area contributed by atoms with E-state index in [1.807, 2.05) is 0 Å². The Morgan fingerprint density at radius 3 is 2.24 bits per heavy atom. The number of hydrogen-bond acceptors (Lipinski definition) is 2. The standard InChI is InChI=1S/C16H15Cl2FO2/c17-13-6-2-1-5-12(13)16(9-20,10-21)8-11-4-3-7-14(19)15(11)18/h1-7,20-21H,8-10H2. The van der Waals surface area contributed by atoms with Crippen molar-refractivity contribution in [3.05, 3.63) is 69.5 Å². The van der Waals surface area contributed by atoms with Gasteiger partial charge in [0, 0.05) is 10.4 Å². The van der Waals surface area contributed by atoms with Crippen LogP contribution in [0, 0.1) is 5.82 Å². The molecule has 0 radical (unpaired) electrons. The lowest BCUT2D eigenvalue weighted by Crippen LogP contribution is -2.37. The minimum Gasteiger partial charge on any atom is -0.395 e. The first-order valence-electron chi connectivity index (χ1n) is 6.43. The molecule has 2 rings (SSSR count). The van der Waals surface area contributed by atoms with Gasteiger partial charge < -0.3 is 10.2 Å². The lowest BCUT2D eigenvalue weighted by Gasteiger charge is -2.31. The van der Waals surface area contributed by atoms with Crippen LogP contribution in [0.4, 0.5) is 4.39 Å².